The van der Waals surface area contributed by atoms with Gasteiger partial charge in [0.05, 0.1) is 27.5 Å². The van der Waals surface area contributed by atoms with E-state index in [9.17, 15) is 22.8 Å². The molecule has 0 radical (unpaired) electrons. The van der Waals surface area contributed by atoms with Crippen LogP contribution in [0.25, 0.3) is 21.8 Å². The zero-order chi connectivity index (χ0) is 19.2. The van der Waals surface area contributed by atoms with Crippen LogP contribution in [-0.4, -0.2) is 20.9 Å². The molecule has 1 N–H and O–H groups in total. The van der Waals surface area contributed by atoms with Gasteiger partial charge in [0.2, 0.25) is 0 Å². The van der Waals surface area contributed by atoms with E-state index in [1.54, 1.807) is 18.2 Å². The number of carbonyl (C=O) groups excluding carboxylic acids is 1. The van der Waals surface area contributed by atoms with Crippen LogP contribution in [0.1, 0.15) is 15.9 Å². The molecular formula is C18H10F3N3O3. The number of fused-ring (bicyclic) bond motifs is 3. The van der Waals surface area contributed by atoms with E-state index in [-0.39, 0.29) is 27.4 Å². The highest BCUT2D eigenvalue weighted by Crippen LogP contribution is 2.32. The average molecular weight is 373 g/mol. The van der Waals surface area contributed by atoms with E-state index < -0.39 is 23.3 Å². The van der Waals surface area contributed by atoms with Crippen LogP contribution >= 0.6 is 0 Å². The average Bonchev–Trinajstić information content (AvgIpc) is 2.97. The van der Waals surface area contributed by atoms with Crippen molar-refractivity contribution in [1.29, 1.82) is 0 Å². The van der Waals surface area contributed by atoms with Crippen molar-refractivity contribution in [2.45, 2.75) is 6.18 Å². The molecule has 4 aromatic rings. The molecule has 2 aromatic heterocycles. The molecule has 0 amide bonds. The third-order valence-electron chi connectivity index (χ3n) is 4.01. The summed E-state index contributed by atoms with van der Waals surface area (Å²) in [6, 6.07) is 11.0. The van der Waals surface area contributed by atoms with Gasteiger partial charge in [-0.2, -0.15) is 13.2 Å². The Morgan fingerprint density at radius 1 is 1.07 bits per heavy atom. The predicted octanol–water partition coefficient (Wildman–Crippen LogP) is 3.17. The number of nitrogens with zero attached hydrogens (tertiary/aromatic N) is 2. The molecular weight excluding hydrogens is 363 g/mol. The van der Waals surface area contributed by atoms with Crippen molar-refractivity contribution >= 4 is 27.8 Å². The monoisotopic (exact) mass is 373 g/mol. The maximum Gasteiger partial charge on any atom is 0.416 e. The van der Waals surface area contributed by atoms with Crippen LogP contribution in [0.4, 0.5) is 13.2 Å². The fourth-order valence-electron chi connectivity index (χ4n) is 2.69. The molecule has 0 saturated carbocycles. The van der Waals surface area contributed by atoms with E-state index in [4.69, 9.17) is 4.84 Å². The molecule has 0 aliphatic heterocycles. The van der Waals surface area contributed by atoms with Crippen molar-refractivity contribution in [1.82, 2.24) is 14.9 Å². The SMILES string of the molecule is O=C(On1[nH]c2c(cnc3ccc(C(F)(F)F)cc32)c1=O)c1ccccc1. The lowest BCUT2D eigenvalue weighted by atomic mass is 10.1. The van der Waals surface area contributed by atoms with Gasteiger partial charge in [-0.3, -0.25) is 14.9 Å². The molecule has 6 nitrogen and oxygen atoms in total. The molecule has 2 aromatic carbocycles. The topological polar surface area (TPSA) is 77.0 Å². The largest absolute Gasteiger partial charge is 0.416 e. The number of hydrogen-bond acceptors (Lipinski definition) is 4. The second-order valence-corrected chi connectivity index (χ2v) is 5.73. The van der Waals surface area contributed by atoms with E-state index in [0.29, 0.717) is 4.85 Å². The third kappa shape index (κ3) is 2.92. The zero-order valence-corrected chi connectivity index (χ0v) is 13.4. The number of benzene rings is 2. The van der Waals surface area contributed by atoms with Crippen molar-refractivity contribution in [3.05, 3.63) is 76.2 Å². The first-order valence-corrected chi connectivity index (χ1v) is 7.73. The number of hydrogen-bond donors (Lipinski definition) is 1. The van der Waals surface area contributed by atoms with Gasteiger partial charge in [0, 0.05) is 11.6 Å². The van der Waals surface area contributed by atoms with Gasteiger partial charge in [0.1, 0.15) is 0 Å². The highest BCUT2D eigenvalue weighted by Gasteiger charge is 2.31. The Kier molecular flexibility index (Phi) is 3.72. The molecule has 0 atom stereocenters. The minimum absolute atomic E-state index is 0.00249. The number of halogens is 3. The molecule has 0 saturated heterocycles. The quantitative estimate of drug-likeness (QED) is 0.586. The summed E-state index contributed by atoms with van der Waals surface area (Å²) < 4.78 is 39.0. The van der Waals surface area contributed by atoms with Gasteiger partial charge in [-0.15, -0.1) is 0 Å². The number of alkyl halides is 3. The van der Waals surface area contributed by atoms with E-state index >= 15 is 0 Å². The normalized spacial score (nSPS) is 11.8. The van der Waals surface area contributed by atoms with E-state index in [1.807, 2.05) is 0 Å². The Labute approximate surface area is 148 Å². The van der Waals surface area contributed by atoms with E-state index in [0.717, 1.165) is 12.1 Å². The Morgan fingerprint density at radius 3 is 2.52 bits per heavy atom. The van der Waals surface area contributed by atoms with Gasteiger partial charge < -0.3 is 4.84 Å². The van der Waals surface area contributed by atoms with Crippen LogP contribution < -0.4 is 10.4 Å². The van der Waals surface area contributed by atoms with Crippen LogP contribution in [0.5, 0.6) is 0 Å². The molecule has 0 unspecified atom stereocenters. The number of rotatable bonds is 2. The van der Waals surface area contributed by atoms with Crippen molar-refractivity contribution in [2.75, 3.05) is 0 Å². The molecule has 9 heteroatoms. The summed E-state index contributed by atoms with van der Waals surface area (Å²) in [5.74, 6) is -0.794. The summed E-state index contributed by atoms with van der Waals surface area (Å²) in [5, 5.41) is 2.63. The standard InChI is InChI=1S/C18H10F3N3O3/c19-18(20,21)11-6-7-14-12(8-11)15-13(9-22-14)16(25)24(23-15)27-17(26)10-4-2-1-3-5-10/h1-9,23H. The third-order valence-corrected chi connectivity index (χ3v) is 4.01. The summed E-state index contributed by atoms with van der Waals surface area (Å²) in [6.45, 7) is 0. The number of aromatic nitrogens is 3. The summed E-state index contributed by atoms with van der Waals surface area (Å²) in [6.07, 6.45) is -3.32. The first-order valence-electron chi connectivity index (χ1n) is 7.73. The fraction of sp³-hybridized carbons (Fsp3) is 0.0556. The summed E-state index contributed by atoms with van der Waals surface area (Å²) in [5.41, 5.74) is -1.04. The Balaban J connectivity index is 1.84. The zero-order valence-electron chi connectivity index (χ0n) is 13.4. The maximum atomic E-state index is 13.0. The number of nitrogens with one attached hydrogen (secondary N) is 1. The van der Waals surface area contributed by atoms with Crippen LogP contribution in [0.15, 0.2) is 59.5 Å². The molecule has 136 valence electrons. The molecule has 0 spiro atoms. The second-order valence-electron chi connectivity index (χ2n) is 5.73. The number of aromatic amines is 1. The maximum absolute atomic E-state index is 13.0. The molecule has 4 rings (SSSR count). The van der Waals surface area contributed by atoms with Crippen LogP contribution in [0.3, 0.4) is 0 Å². The second kappa shape index (κ2) is 5.97. The Hall–Kier alpha value is -3.62. The van der Waals surface area contributed by atoms with Gasteiger partial charge in [-0.25, -0.2) is 4.79 Å². The Morgan fingerprint density at radius 2 is 1.81 bits per heavy atom. The number of carbonyl (C=O) groups is 1. The van der Waals surface area contributed by atoms with Gasteiger partial charge >= 0.3 is 17.7 Å². The van der Waals surface area contributed by atoms with Crippen LogP contribution in [0, 0.1) is 0 Å². The molecule has 0 fully saturated rings. The van der Waals surface area contributed by atoms with Crippen molar-refractivity contribution in [3.8, 4) is 0 Å². The Bertz CT molecular complexity index is 1230. The molecule has 27 heavy (non-hydrogen) atoms. The van der Waals surface area contributed by atoms with Crippen LogP contribution in [-0.2, 0) is 6.18 Å². The lowest BCUT2D eigenvalue weighted by Gasteiger charge is -2.07. The van der Waals surface area contributed by atoms with E-state index in [1.165, 1.54) is 24.4 Å². The fourth-order valence-corrected chi connectivity index (χ4v) is 2.69. The predicted molar refractivity (Wildman–Crippen MR) is 90.2 cm³/mol. The first kappa shape index (κ1) is 16.8. The molecule has 0 bridgehead atoms. The molecule has 0 aliphatic carbocycles. The number of H-pyrrole nitrogens is 1. The first-order chi connectivity index (χ1) is 12.8. The van der Waals surface area contributed by atoms with Crippen molar-refractivity contribution in [2.24, 2.45) is 0 Å². The smallest absolute Gasteiger partial charge is 0.312 e. The van der Waals surface area contributed by atoms with Gasteiger partial charge in [0.25, 0.3) is 0 Å². The van der Waals surface area contributed by atoms with Gasteiger partial charge in [-0.05, 0) is 30.3 Å². The molecule has 0 aliphatic rings. The summed E-state index contributed by atoms with van der Waals surface area (Å²) in [4.78, 5) is 34.1. The lowest BCUT2D eigenvalue weighted by Crippen LogP contribution is -2.29. The highest BCUT2D eigenvalue weighted by molar-refractivity contribution is 6.03. The minimum Gasteiger partial charge on any atom is -0.312 e. The van der Waals surface area contributed by atoms with Crippen molar-refractivity contribution in [3.63, 3.8) is 0 Å². The molecule has 2 heterocycles. The lowest BCUT2D eigenvalue weighted by molar-refractivity contribution is -0.137. The number of pyridine rings is 1. The highest BCUT2D eigenvalue weighted by atomic mass is 19.4. The van der Waals surface area contributed by atoms with Gasteiger partial charge in [-0.1, -0.05) is 23.0 Å². The van der Waals surface area contributed by atoms with E-state index in [2.05, 4.69) is 10.1 Å². The van der Waals surface area contributed by atoms with Gasteiger partial charge in [0.15, 0.2) is 0 Å². The summed E-state index contributed by atoms with van der Waals surface area (Å²) in [7, 11) is 0. The van der Waals surface area contributed by atoms with Crippen molar-refractivity contribution < 1.29 is 22.8 Å². The summed E-state index contributed by atoms with van der Waals surface area (Å²) >= 11 is 0. The van der Waals surface area contributed by atoms with Crippen LogP contribution in [0.2, 0.25) is 0 Å². The minimum atomic E-state index is -4.54.